The normalized spacial score (nSPS) is 16.8. The van der Waals surface area contributed by atoms with Crippen molar-refractivity contribution in [2.24, 2.45) is 11.7 Å². The smallest absolute Gasteiger partial charge is 0.311 e. The third-order valence-corrected chi connectivity index (χ3v) is 3.24. The number of nitro groups is 1. The number of rotatable bonds is 3. The van der Waals surface area contributed by atoms with Crippen molar-refractivity contribution < 1.29 is 10.0 Å². The first-order valence-electron chi connectivity index (χ1n) is 5.32. The van der Waals surface area contributed by atoms with Crippen LogP contribution in [-0.2, 0) is 0 Å². The number of hydrogen-bond acceptors (Lipinski definition) is 4. The molecule has 0 heterocycles. The second kappa shape index (κ2) is 5.33. The lowest BCUT2D eigenvalue weighted by molar-refractivity contribution is -0.385. The van der Waals surface area contributed by atoms with Crippen molar-refractivity contribution in [2.45, 2.75) is 25.3 Å². The average molecular weight is 259 g/mol. The molecule has 1 aromatic carbocycles. The molecule has 1 aliphatic carbocycles. The van der Waals surface area contributed by atoms with Crippen molar-refractivity contribution >= 4 is 18.1 Å². The van der Waals surface area contributed by atoms with Gasteiger partial charge in [0, 0.05) is 12.1 Å². The van der Waals surface area contributed by atoms with Crippen molar-refractivity contribution in [3.8, 4) is 5.75 Å². The van der Waals surface area contributed by atoms with E-state index in [0.717, 1.165) is 18.4 Å². The molecule has 94 valence electrons. The molecule has 1 aromatic rings. The van der Waals surface area contributed by atoms with Crippen LogP contribution in [-0.4, -0.2) is 10.0 Å². The number of hydrogen-bond donors (Lipinski definition) is 2. The van der Waals surface area contributed by atoms with E-state index in [-0.39, 0.29) is 29.9 Å². The molecule has 2 rings (SSSR count). The summed E-state index contributed by atoms with van der Waals surface area (Å²) in [6, 6.07) is 4.21. The summed E-state index contributed by atoms with van der Waals surface area (Å²) in [7, 11) is 0. The molecule has 17 heavy (non-hydrogen) atoms. The van der Waals surface area contributed by atoms with Crippen LogP contribution in [0.1, 0.15) is 30.9 Å². The molecular formula is C11H15ClN2O3. The molecule has 1 saturated carbocycles. The third kappa shape index (κ3) is 2.68. The van der Waals surface area contributed by atoms with Crippen LogP contribution >= 0.6 is 12.4 Å². The Bertz CT molecular complexity index is 421. The highest BCUT2D eigenvalue weighted by atomic mass is 35.5. The second-order valence-corrected chi connectivity index (χ2v) is 4.22. The molecule has 0 unspecified atom stereocenters. The summed E-state index contributed by atoms with van der Waals surface area (Å²) < 4.78 is 0. The zero-order valence-corrected chi connectivity index (χ0v) is 10.0. The van der Waals surface area contributed by atoms with Gasteiger partial charge in [0.1, 0.15) is 0 Å². The van der Waals surface area contributed by atoms with E-state index in [1.54, 1.807) is 6.07 Å². The van der Waals surface area contributed by atoms with Gasteiger partial charge in [0.25, 0.3) is 0 Å². The fraction of sp³-hybridized carbons (Fsp3) is 0.455. The maximum atomic E-state index is 10.7. The Balaban J connectivity index is 0.00000144. The molecule has 6 heteroatoms. The van der Waals surface area contributed by atoms with Crippen molar-refractivity contribution in [3.63, 3.8) is 0 Å². The van der Waals surface area contributed by atoms with E-state index < -0.39 is 4.92 Å². The van der Waals surface area contributed by atoms with Crippen LogP contribution in [0.2, 0.25) is 0 Å². The van der Waals surface area contributed by atoms with E-state index in [2.05, 4.69) is 0 Å². The number of nitrogens with two attached hydrogens (primary N) is 1. The zero-order valence-electron chi connectivity index (χ0n) is 9.20. The highest BCUT2D eigenvalue weighted by molar-refractivity contribution is 5.85. The number of halogens is 1. The molecule has 0 radical (unpaired) electrons. The summed E-state index contributed by atoms with van der Waals surface area (Å²) in [5.74, 6) is 0.110. The summed E-state index contributed by atoms with van der Waals surface area (Å²) in [5.41, 5.74) is 6.47. The number of aromatic hydroxyl groups is 1. The Labute approximate surface area is 105 Å². The lowest BCUT2D eigenvalue weighted by atomic mass is 9.77. The van der Waals surface area contributed by atoms with Crippen molar-refractivity contribution in [2.75, 3.05) is 0 Å². The number of nitrogens with zero attached hydrogens (tertiary/aromatic N) is 1. The zero-order chi connectivity index (χ0) is 11.7. The number of phenolic OH excluding ortho intramolecular Hbond substituents is 1. The number of nitro benzene ring substituents is 1. The molecule has 1 atom stereocenters. The molecule has 1 aliphatic rings. The van der Waals surface area contributed by atoms with E-state index in [1.165, 1.54) is 18.6 Å². The van der Waals surface area contributed by atoms with Gasteiger partial charge in [-0.3, -0.25) is 10.1 Å². The molecule has 0 bridgehead atoms. The van der Waals surface area contributed by atoms with Crippen LogP contribution in [0.3, 0.4) is 0 Å². The van der Waals surface area contributed by atoms with E-state index in [4.69, 9.17) is 5.73 Å². The van der Waals surface area contributed by atoms with Gasteiger partial charge in [-0.05, 0) is 30.4 Å². The summed E-state index contributed by atoms with van der Waals surface area (Å²) in [6.45, 7) is 0. The predicted octanol–water partition coefficient (Wildman–Crippen LogP) is 2.52. The van der Waals surface area contributed by atoms with Crippen molar-refractivity contribution in [1.29, 1.82) is 0 Å². The van der Waals surface area contributed by atoms with E-state index in [1.807, 2.05) is 0 Å². The minimum Gasteiger partial charge on any atom is -0.502 e. The maximum absolute atomic E-state index is 10.7. The first-order chi connectivity index (χ1) is 7.59. The van der Waals surface area contributed by atoms with Gasteiger partial charge in [0.05, 0.1) is 4.92 Å². The third-order valence-electron chi connectivity index (χ3n) is 3.24. The maximum Gasteiger partial charge on any atom is 0.311 e. The van der Waals surface area contributed by atoms with E-state index in [0.29, 0.717) is 5.92 Å². The van der Waals surface area contributed by atoms with Crippen LogP contribution in [0.15, 0.2) is 18.2 Å². The first kappa shape index (κ1) is 13.7. The Hall–Kier alpha value is -1.33. The van der Waals surface area contributed by atoms with Gasteiger partial charge >= 0.3 is 5.69 Å². The Morgan fingerprint density at radius 3 is 2.59 bits per heavy atom. The van der Waals surface area contributed by atoms with Gasteiger partial charge in [0.15, 0.2) is 5.75 Å². The molecule has 0 amide bonds. The monoisotopic (exact) mass is 258 g/mol. The minimum atomic E-state index is -0.591. The Kier molecular flexibility index (Phi) is 4.31. The summed E-state index contributed by atoms with van der Waals surface area (Å²) in [5, 5.41) is 20.0. The van der Waals surface area contributed by atoms with Gasteiger partial charge in [-0.2, -0.15) is 0 Å². The molecule has 0 aliphatic heterocycles. The fourth-order valence-corrected chi connectivity index (χ4v) is 1.97. The predicted molar refractivity (Wildman–Crippen MR) is 66.3 cm³/mol. The Morgan fingerprint density at radius 1 is 1.47 bits per heavy atom. The minimum absolute atomic E-state index is 0. The molecule has 5 nitrogen and oxygen atoms in total. The fourth-order valence-electron chi connectivity index (χ4n) is 1.97. The average Bonchev–Trinajstić information content (AvgIpc) is 2.15. The molecule has 0 spiro atoms. The standard InChI is InChI=1S/C11H14N2O3.ClH/c12-11(7-2-1-3-7)8-4-5-10(14)9(6-8)13(15)16;/h4-7,11,14H,1-3,12H2;1H/t11-;/m0./s1. The second-order valence-electron chi connectivity index (χ2n) is 4.22. The Morgan fingerprint density at radius 2 is 2.12 bits per heavy atom. The topological polar surface area (TPSA) is 89.4 Å². The highest BCUT2D eigenvalue weighted by Gasteiger charge is 2.27. The van der Waals surface area contributed by atoms with Gasteiger partial charge in [-0.1, -0.05) is 12.5 Å². The van der Waals surface area contributed by atoms with Gasteiger partial charge < -0.3 is 10.8 Å². The lowest BCUT2D eigenvalue weighted by Crippen LogP contribution is -2.26. The lowest BCUT2D eigenvalue weighted by Gasteiger charge is -2.31. The van der Waals surface area contributed by atoms with Gasteiger partial charge in [-0.25, -0.2) is 0 Å². The largest absolute Gasteiger partial charge is 0.502 e. The summed E-state index contributed by atoms with van der Waals surface area (Å²) in [4.78, 5) is 10.1. The van der Waals surface area contributed by atoms with E-state index in [9.17, 15) is 15.2 Å². The van der Waals surface area contributed by atoms with E-state index >= 15 is 0 Å². The van der Waals surface area contributed by atoms with Crippen LogP contribution in [0.5, 0.6) is 5.75 Å². The SMILES string of the molecule is Cl.N[C@H](c1ccc(O)c([N+](=O)[O-])c1)C1CCC1. The first-order valence-corrected chi connectivity index (χ1v) is 5.32. The quantitative estimate of drug-likeness (QED) is 0.644. The summed E-state index contributed by atoms with van der Waals surface area (Å²) in [6.07, 6.45) is 3.34. The van der Waals surface area contributed by atoms with Crippen LogP contribution in [0.25, 0.3) is 0 Å². The van der Waals surface area contributed by atoms with Crippen LogP contribution in [0, 0.1) is 16.0 Å². The highest BCUT2D eigenvalue weighted by Crippen LogP contribution is 2.38. The number of benzene rings is 1. The molecule has 0 saturated heterocycles. The van der Waals surface area contributed by atoms with Gasteiger partial charge in [-0.15, -0.1) is 12.4 Å². The van der Waals surface area contributed by atoms with Gasteiger partial charge in [0.2, 0.25) is 0 Å². The number of phenols is 1. The van der Waals surface area contributed by atoms with Crippen molar-refractivity contribution in [1.82, 2.24) is 0 Å². The van der Waals surface area contributed by atoms with Crippen LogP contribution in [0.4, 0.5) is 5.69 Å². The molecular weight excluding hydrogens is 244 g/mol. The van der Waals surface area contributed by atoms with Crippen molar-refractivity contribution in [3.05, 3.63) is 33.9 Å². The summed E-state index contributed by atoms with van der Waals surface area (Å²) >= 11 is 0. The molecule has 3 N–H and O–H groups in total. The van der Waals surface area contributed by atoms with Crippen LogP contribution < -0.4 is 5.73 Å². The molecule has 1 fully saturated rings. The molecule has 0 aromatic heterocycles.